The number of nitrogens with one attached hydrogen (secondary N) is 1. The maximum absolute atomic E-state index is 11.5. The van der Waals surface area contributed by atoms with Crippen LogP contribution in [0, 0.1) is 0 Å². The number of hydrogen-bond donors (Lipinski definition) is 1. The molecule has 0 spiro atoms. The Morgan fingerprint density at radius 2 is 2.23 bits per heavy atom. The van der Waals surface area contributed by atoms with Crippen molar-refractivity contribution in [1.82, 2.24) is 15.5 Å². The van der Waals surface area contributed by atoms with Crippen molar-refractivity contribution in [2.75, 3.05) is 18.1 Å². The van der Waals surface area contributed by atoms with Crippen molar-refractivity contribution in [1.29, 1.82) is 0 Å². The molecule has 1 aromatic heterocycles. The minimum Gasteiger partial charge on any atom is -0.444 e. The lowest BCUT2D eigenvalue weighted by Crippen LogP contribution is -2.33. The molecule has 0 aromatic carbocycles. The molecule has 7 heteroatoms. The van der Waals surface area contributed by atoms with Crippen molar-refractivity contribution in [3.8, 4) is 0 Å². The second-order valence-electron chi connectivity index (χ2n) is 6.47. The Morgan fingerprint density at radius 1 is 1.41 bits per heavy atom. The molecule has 0 saturated carbocycles. The predicted octanol–water partition coefficient (Wildman–Crippen LogP) is 3.14. The van der Waals surface area contributed by atoms with Crippen molar-refractivity contribution in [3.05, 3.63) is 11.7 Å². The minimum atomic E-state index is -0.487. The summed E-state index contributed by atoms with van der Waals surface area (Å²) in [6.45, 7) is 5.93. The first-order valence-electron chi connectivity index (χ1n) is 7.81. The van der Waals surface area contributed by atoms with Gasteiger partial charge in [-0.3, -0.25) is 0 Å². The van der Waals surface area contributed by atoms with E-state index in [0.29, 0.717) is 24.8 Å². The number of carbonyl (C=O) groups is 1. The first kappa shape index (κ1) is 17.1. The zero-order chi connectivity index (χ0) is 16.0. The summed E-state index contributed by atoms with van der Waals surface area (Å²) in [5.74, 6) is 4.18. The van der Waals surface area contributed by atoms with E-state index in [-0.39, 0.29) is 0 Å². The second kappa shape index (κ2) is 7.85. The van der Waals surface area contributed by atoms with Crippen LogP contribution in [0.15, 0.2) is 4.52 Å². The highest BCUT2D eigenvalue weighted by Crippen LogP contribution is 2.28. The van der Waals surface area contributed by atoms with Crippen LogP contribution in [0.25, 0.3) is 0 Å². The van der Waals surface area contributed by atoms with Crippen molar-refractivity contribution in [2.24, 2.45) is 0 Å². The van der Waals surface area contributed by atoms with Crippen molar-refractivity contribution < 1.29 is 14.1 Å². The molecule has 1 atom stereocenters. The lowest BCUT2D eigenvalue weighted by Gasteiger charge is -2.19. The molecule has 0 unspecified atom stereocenters. The minimum absolute atomic E-state index is 0.409. The molecule has 1 N–H and O–H groups in total. The molecule has 1 aromatic rings. The van der Waals surface area contributed by atoms with Crippen LogP contribution in [0.3, 0.4) is 0 Å². The van der Waals surface area contributed by atoms with E-state index in [4.69, 9.17) is 9.26 Å². The molecule has 6 nitrogen and oxygen atoms in total. The molecule has 2 rings (SSSR count). The summed E-state index contributed by atoms with van der Waals surface area (Å²) in [5.41, 5.74) is -0.487. The van der Waals surface area contributed by atoms with Gasteiger partial charge in [-0.05, 0) is 51.5 Å². The van der Waals surface area contributed by atoms with E-state index in [0.717, 1.165) is 24.4 Å². The number of nitrogens with zero attached hydrogens (tertiary/aromatic N) is 2. The molecular formula is C15H25N3O3S. The van der Waals surface area contributed by atoms with Gasteiger partial charge in [0.1, 0.15) is 5.60 Å². The Hall–Kier alpha value is -1.24. The average molecular weight is 327 g/mol. The number of carbonyl (C=O) groups excluding carboxylic acids is 1. The van der Waals surface area contributed by atoms with Crippen LogP contribution in [-0.4, -0.2) is 39.9 Å². The van der Waals surface area contributed by atoms with Gasteiger partial charge in [0.2, 0.25) is 5.89 Å². The van der Waals surface area contributed by atoms with Crippen LogP contribution < -0.4 is 5.32 Å². The lowest BCUT2D eigenvalue weighted by molar-refractivity contribution is 0.0527. The predicted molar refractivity (Wildman–Crippen MR) is 86.2 cm³/mol. The number of hydrogen-bond acceptors (Lipinski definition) is 6. The fourth-order valence-corrected chi connectivity index (χ4v) is 3.31. The van der Waals surface area contributed by atoms with Crippen LogP contribution >= 0.6 is 11.8 Å². The standard InChI is InChI=1S/C15H25N3O3S/c1-15(2,3)20-14(19)16-8-6-12-17-13(18-21-12)11-5-4-9-22-10-7-11/h11H,4-10H2,1-3H3,(H,16,19)/t11-/m1/s1. The Labute approximate surface area is 135 Å². The van der Waals surface area contributed by atoms with Gasteiger partial charge >= 0.3 is 6.09 Å². The van der Waals surface area contributed by atoms with Gasteiger partial charge in [0, 0.05) is 18.9 Å². The van der Waals surface area contributed by atoms with E-state index in [1.54, 1.807) is 0 Å². The Morgan fingerprint density at radius 3 is 3.00 bits per heavy atom. The highest BCUT2D eigenvalue weighted by molar-refractivity contribution is 7.99. The number of thioether (sulfide) groups is 1. The number of alkyl carbamates (subject to hydrolysis) is 1. The highest BCUT2D eigenvalue weighted by Gasteiger charge is 2.20. The molecule has 1 saturated heterocycles. The van der Waals surface area contributed by atoms with E-state index < -0.39 is 11.7 Å². The zero-order valence-electron chi connectivity index (χ0n) is 13.6. The molecule has 1 aliphatic heterocycles. The molecule has 0 radical (unpaired) electrons. The van der Waals surface area contributed by atoms with E-state index >= 15 is 0 Å². The third-order valence-corrected chi connectivity index (χ3v) is 4.41. The zero-order valence-corrected chi connectivity index (χ0v) is 14.4. The van der Waals surface area contributed by atoms with Gasteiger partial charge in [0.25, 0.3) is 0 Å². The van der Waals surface area contributed by atoms with Gasteiger partial charge in [0.15, 0.2) is 5.82 Å². The number of aromatic nitrogens is 2. The Bertz CT molecular complexity index is 477. The summed E-state index contributed by atoms with van der Waals surface area (Å²) < 4.78 is 10.5. The summed E-state index contributed by atoms with van der Waals surface area (Å²) in [6.07, 6.45) is 3.54. The Balaban J connectivity index is 1.76. The molecule has 0 aliphatic carbocycles. The van der Waals surface area contributed by atoms with Gasteiger partial charge in [-0.2, -0.15) is 16.7 Å². The number of amides is 1. The highest BCUT2D eigenvalue weighted by atomic mass is 32.2. The van der Waals surface area contributed by atoms with Gasteiger partial charge in [-0.1, -0.05) is 5.16 Å². The second-order valence-corrected chi connectivity index (χ2v) is 7.69. The third-order valence-electron chi connectivity index (χ3n) is 3.31. The van der Waals surface area contributed by atoms with Crippen molar-refractivity contribution in [3.63, 3.8) is 0 Å². The van der Waals surface area contributed by atoms with E-state index in [2.05, 4.69) is 15.5 Å². The first-order chi connectivity index (χ1) is 10.4. The van der Waals surface area contributed by atoms with E-state index in [1.165, 1.54) is 12.2 Å². The van der Waals surface area contributed by atoms with Gasteiger partial charge in [0.05, 0.1) is 0 Å². The van der Waals surface area contributed by atoms with Gasteiger partial charge in [-0.25, -0.2) is 4.79 Å². The number of rotatable bonds is 4. The Kier molecular flexibility index (Phi) is 6.11. The van der Waals surface area contributed by atoms with Crippen LogP contribution in [0.1, 0.15) is 57.7 Å². The van der Waals surface area contributed by atoms with Crippen LogP contribution in [0.2, 0.25) is 0 Å². The largest absolute Gasteiger partial charge is 0.444 e. The molecule has 2 heterocycles. The van der Waals surface area contributed by atoms with Gasteiger partial charge in [-0.15, -0.1) is 0 Å². The summed E-state index contributed by atoms with van der Waals surface area (Å²) in [4.78, 5) is 16.0. The van der Waals surface area contributed by atoms with Gasteiger partial charge < -0.3 is 14.6 Å². The smallest absolute Gasteiger partial charge is 0.407 e. The summed E-state index contributed by atoms with van der Waals surface area (Å²) >= 11 is 1.99. The molecule has 124 valence electrons. The molecule has 22 heavy (non-hydrogen) atoms. The van der Waals surface area contributed by atoms with Crippen molar-refractivity contribution in [2.45, 2.75) is 58.0 Å². The molecule has 0 bridgehead atoms. The summed E-state index contributed by atoms with van der Waals surface area (Å²) in [5, 5.41) is 6.79. The monoisotopic (exact) mass is 327 g/mol. The summed E-state index contributed by atoms with van der Waals surface area (Å²) in [7, 11) is 0. The fourth-order valence-electron chi connectivity index (χ4n) is 2.28. The van der Waals surface area contributed by atoms with E-state index in [9.17, 15) is 4.79 Å². The SMILES string of the molecule is CC(C)(C)OC(=O)NCCc1nc([C@@H]2CCCSCC2)no1. The number of ether oxygens (including phenoxy) is 1. The quantitative estimate of drug-likeness (QED) is 0.915. The van der Waals surface area contributed by atoms with Crippen molar-refractivity contribution >= 4 is 17.9 Å². The fraction of sp³-hybridized carbons (Fsp3) is 0.800. The van der Waals surface area contributed by atoms with E-state index in [1.807, 2.05) is 32.5 Å². The van der Waals surface area contributed by atoms with Crippen LogP contribution in [0.4, 0.5) is 4.79 Å². The molecular weight excluding hydrogens is 302 g/mol. The third kappa shape index (κ3) is 5.87. The average Bonchev–Trinajstić information content (AvgIpc) is 2.71. The maximum atomic E-state index is 11.5. The lowest BCUT2D eigenvalue weighted by atomic mass is 10.0. The van der Waals surface area contributed by atoms with Crippen LogP contribution in [-0.2, 0) is 11.2 Å². The first-order valence-corrected chi connectivity index (χ1v) is 8.96. The maximum Gasteiger partial charge on any atom is 0.407 e. The molecule has 1 aliphatic rings. The molecule has 1 fully saturated rings. The molecule has 1 amide bonds. The summed E-state index contributed by atoms with van der Waals surface area (Å²) in [6, 6.07) is 0. The topological polar surface area (TPSA) is 77.2 Å². The van der Waals surface area contributed by atoms with Crippen LogP contribution in [0.5, 0.6) is 0 Å². The normalized spacial score (nSPS) is 19.5.